The maximum Gasteiger partial charge on any atom is 0.139 e. The van der Waals surface area contributed by atoms with Crippen LogP contribution < -0.4 is 5.43 Å². The van der Waals surface area contributed by atoms with Crippen LogP contribution >= 0.6 is 0 Å². The van der Waals surface area contributed by atoms with Gasteiger partial charge in [0.15, 0.2) is 0 Å². The average Bonchev–Trinajstić information content (AvgIpc) is 3.07. The maximum atomic E-state index is 5.81. The Labute approximate surface area is 154 Å². The van der Waals surface area contributed by atoms with Crippen LogP contribution in [0.25, 0.3) is 0 Å². The van der Waals surface area contributed by atoms with E-state index >= 15 is 0 Å². The van der Waals surface area contributed by atoms with Gasteiger partial charge < -0.3 is 10.2 Å². The van der Waals surface area contributed by atoms with Crippen molar-refractivity contribution in [1.29, 1.82) is 0 Å². The van der Waals surface area contributed by atoms with E-state index in [1.165, 1.54) is 6.04 Å². The summed E-state index contributed by atoms with van der Waals surface area (Å²) >= 11 is 0. The maximum absolute atomic E-state index is 5.81. The molecule has 0 fully saturated rings. The zero-order valence-corrected chi connectivity index (χ0v) is 18.7. The third-order valence-electron chi connectivity index (χ3n) is 4.16. The first-order chi connectivity index (χ1) is 11.5. The summed E-state index contributed by atoms with van der Waals surface area (Å²) in [6.07, 6.45) is 1.98. The summed E-state index contributed by atoms with van der Waals surface area (Å²) in [6, 6.07) is 3.22. The molecule has 0 bridgehead atoms. The molecule has 138 valence electrons. The first-order valence-electron chi connectivity index (χ1n) is 8.96. The average molecular weight is 377 g/mol. The summed E-state index contributed by atoms with van der Waals surface area (Å²) in [4.78, 5) is 0. The molecule has 2 rings (SSSR count). The highest BCUT2D eigenvalue weighted by molar-refractivity contribution is 6.83. The molecule has 1 aromatic heterocycles. The zero-order chi connectivity index (χ0) is 18.7. The van der Waals surface area contributed by atoms with E-state index in [0.29, 0.717) is 13.3 Å². The number of ether oxygens (including phenoxy) is 1. The molecule has 1 aromatic rings. The highest BCUT2D eigenvalue weighted by atomic mass is 28.3. The van der Waals surface area contributed by atoms with Crippen LogP contribution in [0.15, 0.2) is 17.4 Å². The largest absolute Gasteiger partial charge is 0.360 e. The standard InChI is InChI=1S/C18H32N4OSi2/c1-16-18(14-19-20-16,9-12-24(2,3)4)17-8-10-22(21-17)15-23-11-13-25(5,6)7/h8,10,19H,11,13-15H2,1-7H3. The SMILES string of the molecule is CC1=NNCC1(C#C[Si](C)(C)C)c1ccn(COCC[Si](C)(C)C)n1. The van der Waals surface area contributed by atoms with Crippen molar-refractivity contribution in [2.24, 2.45) is 5.10 Å². The number of hydrogen-bond acceptors (Lipinski definition) is 4. The van der Waals surface area contributed by atoms with Crippen LogP contribution in [0.1, 0.15) is 12.6 Å². The van der Waals surface area contributed by atoms with Gasteiger partial charge in [-0.15, -0.1) is 5.54 Å². The predicted octanol–water partition coefficient (Wildman–Crippen LogP) is 3.29. The van der Waals surface area contributed by atoms with Crippen LogP contribution in [0, 0.1) is 11.5 Å². The van der Waals surface area contributed by atoms with Gasteiger partial charge in [0, 0.05) is 20.9 Å². The van der Waals surface area contributed by atoms with E-state index in [9.17, 15) is 0 Å². The second-order valence-electron chi connectivity index (χ2n) is 9.03. The Balaban J connectivity index is 2.12. The second kappa shape index (κ2) is 7.48. The Kier molecular flexibility index (Phi) is 5.97. The number of aromatic nitrogens is 2. The quantitative estimate of drug-likeness (QED) is 0.471. The monoisotopic (exact) mass is 376 g/mol. The first kappa shape index (κ1) is 20.0. The normalized spacial score (nSPS) is 20.7. The predicted molar refractivity (Wildman–Crippen MR) is 110 cm³/mol. The highest BCUT2D eigenvalue weighted by Crippen LogP contribution is 2.27. The van der Waals surface area contributed by atoms with E-state index in [0.717, 1.165) is 18.0 Å². The van der Waals surface area contributed by atoms with E-state index in [-0.39, 0.29) is 0 Å². The van der Waals surface area contributed by atoms with E-state index in [4.69, 9.17) is 9.84 Å². The molecule has 0 saturated carbocycles. The Morgan fingerprint density at radius 3 is 2.56 bits per heavy atom. The Morgan fingerprint density at radius 1 is 1.28 bits per heavy atom. The van der Waals surface area contributed by atoms with Crippen LogP contribution in [0.2, 0.25) is 45.3 Å². The molecule has 1 atom stereocenters. The van der Waals surface area contributed by atoms with Crippen molar-refractivity contribution in [1.82, 2.24) is 15.2 Å². The van der Waals surface area contributed by atoms with Crippen molar-refractivity contribution in [3.8, 4) is 11.5 Å². The molecule has 1 N–H and O–H groups in total. The summed E-state index contributed by atoms with van der Waals surface area (Å²) in [7, 11) is -2.52. The summed E-state index contributed by atoms with van der Waals surface area (Å²) in [5.41, 5.74) is 8.14. The third kappa shape index (κ3) is 5.56. The minimum absolute atomic E-state index is 0.413. The molecule has 25 heavy (non-hydrogen) atoms. The van der Waals surface area contributed by atoms with Crippen molar-refractivity contribution in [3.63, 3.8) is 0 Å². The third-order valence-corrected chi connectivity index (χ3v) is 6.74. The number of nitrogens with zero attached hydrogens (tertiary/aromatic N) is 3. The van der Waals surface area contributed by atoms with Gasteiger partial charge in [0.2, 0.25) is 0 Å². The summed E-state index contributed by atoms with van der Waals surface area (Å²) < 4.78 is 7.67. The summed E-state index contributed by atoms with van der Waals surface area (Å²) in [5.74, 6) is 3.51. The molecule has 1 aliphatic rings. The molecule has 7 heteroatoms. The lowest BCUT2D eigenvalue weighted by atomic mass is 9.82. The molecule has 0 aliphatic carbocycles. The second-order valence-corrected chi connectivity index (χ2v) is 19.4. The molecule has 0 spiro atoms. The van der Waals surface area contributed by atoms with Gasteiger partial charge in [0.05, 0.1) is 18.0 Å². The van der Waals surface area contributed by atoms with Gasteiger partial charge in [-0.2, -0.15) is 10.2 Å². The molecule has 2 heterocycles. The van der Waals surface area contributed by atoms with Gasteiger partial charge in [0.1, 0.15) is 20.2 Å². The van der Waals surface area contributed by atoms with Crippen molar-refractivity contribution < 1.29 is 4.74 Å². The summed E-state index contributed by atoms with van der Waals surface area (Å²) in [6.45, 7) is 17.9. The zero-order valence-electron chi connectivity index (χ0n) is 16.7. The smallest absolute Gasteiger partial charge is 0.139 e. The summed E-state index contributed by atoms with van der Waals surface area (Å²) in [5, 5.41) is 9.13. The fraction of sp³-hybridized carbons (Fsp3) is 0.667. The minimum atomic E-state index is -1.47. The number of hydrazone groups is 1. The van der Waals surface area contributed by atoms with Gasteiger partial charge >= 0.3 is 0 Å². The number of hydrogen-bond donors (Lipinski definition) is 1. The molecule has 5 nitrogen and oxygen atoms in total. The Hall–Kier alpha value is -1.37. The van der Waals surface area contributed by atoms with Crippen LogP contribution in [0.4, 0.5) is 0 Å². The van der Waals surface area contributed by atoms with Gasteiger partial charge in [-0.1, -0.05) is 45.2 Å². The Morgan fingerprint density at radius 2 is 2.00 bits per heavy atom. The van der Waals surface area contributed by atoms with Crippen molar-refractivity contribution in [2.75, 3.05) is 13.2 Å². The number of nitrogens with one attached hydrogen (secondary N) is 1. The topological polar surface area (TPSA) is 51.4 Å². The van der Waals surface area contributed by atoms with Gasteiger partial charge in [-0.25, -0.2) is 4.68 Å². The fourth-order valence-corrected chi connectivity index (χ4v) is 3.81. The molecule has 0 saturated heterocycles. The molecule has 0 radical (unpaired) electrons. The molecule has 1 unspecified atom stereocenters. The van der Waals surface area contributed by atoms with Crippen molar-refractivity contribution >= 4 is 21.9 Å². The molecular weight excluding hydrogens is 344 g/mol. The highest BCUT2D eigenvalue weighted by Gasteiger charge is 2.40. The van der Waals surface area contributed by atoms with E-state index in [1.54, 1.807) is 0 Å². The minimum Gasteiger partial charge on any atom is -0.360 e. The van der Waals surface area contributed by atoms with Gasteiger partial charge in [0.25, 0.3) is 0 Å². The van der Waals surface area contributed by atoms with Gasteiger partial charge in [-0.05, 0) is 19.0 Å². The van der Waals surface area contributed by atoms with Crippen LogP contribution in [-0.4, -0.2) is 44.8 Å². The lowest BCUT2D eigenvalue weighted by Gasteiger charge is -2.21. The number of rotatable bonds is 6. The lowest BCUT2D eigenvalue weighted by Crippen LogP contribution is -2.36. The van der Waals surface area contributed by atoms with E-state index in [2.05, 4.69) is 61.3 Å². The van der Waals surface area contributed by atoms with Crippen LogP contribution in [0.5, 0.6) is 0 Å². The van der Waals surface area contributed by atoms with Crippen LogP contribution in [0.3, 0.4) is 0 Å². The first-order valence-corrected chi connectivity index (χ1v) is 16.2. The molecule has 0 amide bonds. The molecular formula is C18H32N4OSi2. The van der Waals surface area contributed by atoms with Crippen molar-refractivity contribution in [3.05, 3.63) is 18.0 Å². The lowest BCUT2D eigenvalue weighted by molar-refractivity contribution is 0.0782. The molecule has 1 aliphatic heterocycles. The fourth-order valence-electron chi connectivity index (χ4n) is 2.47. The van der Waals surface area contributed by atoms with E-state index in [1.807, 2.05) is 23.9 Å². The van der Waals surface area contributed by atoms with Crippen LogP contribution in [-0.2, 0) is 16.9 Å². The molecule has 0 aromatic carbocycles. The van der Waals surface area contributed by atoms with Crippen molar-refractivity contribution in [2.45, 2.75) is 64.4 Å². The Bertz CT molecular complexity index is 688. The van der Waals surface area contributed by atoms with E-state index < -0.39 is 21.6 Å². The van der Waals surface area contributed by atoms with Gasteiger partial charge in [-0.3, -0.25) is 0 Å².